The van der Waals surface area contributed by atoms with Gasteiger partial charge in [-0.05, 0) is 37.3 Å². The molecule has 2 N–H and O–H groups in total. The third-order valence-corrected chi connectivity index (χ3v) is 3.84. The summed E-state index contributed by atoms with van der Waals surface area (Å²) in [6.07, 6.45) is 0.204. The quantitative estimate of drug-likeness (QED) is 0.688. The molecule has 25 heavy (non-hydrogen) atoms. The normalized spacial score (nSPS) is 10.2. The van der Waals surface area contributed by atoms with Crippen LogP contribution < -0.4 is 10.6 Å². The smallest absolute Gasteiger partial charge is 0.340 e. The molecule has 0 aliphatic heterocycles. The van der Waals surface area contributed by atoms with Crippen molar-refractivity contribution >= 4 is 46.5 Å². The topological polar surface area (TPSA) is 67.4 Å². The number of rotatable bonds is 7. The molecule has 0 fully saturated rings. The van der Waals surface area contributed by atoms with Gasteiger partial charge in [-0.3, -0.25) is 4.79 Å². The van der Waals surface area contributed by atoms with Crippen molar-refractivity contribution in [1.29, 1.82) is 0 Å². The van der Waals surface area contributed by atoms with Gasteiger partial charge < -0.3 is 15.4 Å². The number of anilines is 2. The second-order valence-electron chi connectivity index (χ2n) is 5.12. The number of para-hydroxylation sites is 1. The van der Waals surface area contributed by atoms with Gasteiger partial charge in [0.1, 0.15) is 0 Å². The SMILES string of the molecule is CCOC(=O)c1ccccc1NCCC(=O)Nc1ccc(Cl)cc1Cl. The van der Waals surface area contributed by atoms with E-state index in [0.717, 1.165) is 0 Å². The Morgan fingerprint density at radius 3 is 2.56 bits per heavy atom. The molecule has 0 heterocycles. The third-order valence-electron chi connectivity index (χ3n) is 3.30. The van der Waals surface area contributed by atoms with Crippen molar-refractivity contribution in [1.82, 2.24) is 0 Å². The van der Waals surface area contributed by atoms with Gasteiger partial charge in [0.25, 0.3) is 0 Å². The van der Waals surface area contributed by atoms with Crippen LogP contribution in [-0.4, -0.2) is 25.0 Å². The van der Waals surface area contributed by atoms with Crippen molar-refractivity contribution in [2.45, 2.75) is 13.3 Å². The summed E-state index contributed by atoms with van der Waals surface area (Å²) in [5.74, 6) is -0.603. The third kappa shape index (κ3) is 5.66. The number of carbonyl (C=O) groups is 2. The van der Waals surface area contributed by atoms with Gasteiger partial charge in [0, 0.05) is 23.7 Å². The van der Waals surface area contributed by atoms with Gasteiger partial charge in [0.2, 0.25) is 5.91 Å². The first kappa shape index (κ1) is 19.1. The van der Waals surface area contributed by atoms with Gasteiger partial charge in [-0.15, -0.1) is 0 Å². The number of benzene rings is 2. The second kappa shape index (κ2) is 9.30. The monoisotopic (exact) mass is 380 g/mol. The van der Waals surface area contributed by atoms with Gasteiger partial charge in [-0.25, -0.2) is 4.79 Å². The number of amides is 1. The molecule has 0 saturated heterocycles. The number of ether oxygens (including phenoxy) is 1. The summed E-state index contributed by atoms with van der Waals surface area (Å²) in [5, 5.41) is 6.67. The van der Waals surface area contributed by atoms with Gasteiger partial charge >= 0.3 is 5.97 Å². The second-order valence-corrected chi connectivity index (χ2v) is 5.96. The summed E-state index contributed by atoms with van der Waals surface area (Å²) >= 11 is 11.8. The highest BCUT2D eigenvalue weighted by Gasteiger charge is 2.12. The van der Waals surface area contributed by atoms with E-state index in [2.05, 4.69) is 10.6 Å². The number of halogens is 2. The average Bonchev–Trinajstić information content (AvgIpc) is 2.58. The van der Waals surface area contributed by atoms with Gasteiger partial charge in [0.15, 0.2) is 0 Å². The van der Waals surface area contributed by atoms with Crippen LogP contribution in [0, 0.1) is 0 Å². The van der Waals surface area contributed by atoms with Crippen LogP contribution in [0.1, 0.15) is 23.7 Å². The summed E-state index contributed by atoms with van der Waals surface area (Å²) in [4.78, 5) is 23.9. The van der Waals surface area contributed by atoms with Crippen molar-refractivity contribution in [2.75, 3.05) is 23.8 Å². The molecule has 0 radical (unpaired) electrons. The molecule has 2 aromatic carbocycles. The molecule has 0 spiro atoms. The number of nitrogens with one attached hydrogen (secondary N) is 2. The maximum atomic E-state index is 12.0. The minimum absolute atomic E-state index is 0.203. The van der Waals surface area contributed by atoms with Crippen LogP contribution in [0.2, 0.25) is 10.0 Å². The van der Waals surface area contributed by atoms with Crippen molar-refractivity contribution in [3.8, 4) is 0 Å². The Bertz CT molecular complexity index is 766. The van der Waals surface area contributed by atoms with E-state index in [1.807, 2.05) is 0 Å². The van der Waals surface area contributed by atoms with E-state index < -0.39 is 5.97 Å². The molecule has 132 valence electrons. The zero-order chi connectivity index (χ0) is 18.2. The number of hydrogen-bond donors (Lipinski definition) is 2. The predicted molar refractivity (Wildman–Crippen MR) is 101 cm³/mol. The molecule has 2 rings (SSSR count). The maximum absolute atomic E-state index is 12.0. The molecular formula is C18H18Cl2N2O3. The van der Waals surface area contributed by atoms with E-state index in [1.54, 1.807) is 49.4 Å². The van der Waals surface area contributed by atoms with Crippen molar-refractivity contribution in [3.05, 3.63) is 58.1 Å². The van der Waals surface area contributed by atoms with Crippen molar-refractivity contribution in [2.24, 2.45) is 0 Å². The molecule has 0 aromatic heterocycles. The Balaban J connectivity index is 1.90. The Kier molecular flexibility index (Phi) is 7.10. The first-order valence-corrected chi connectivity index (χ1v) is 8.51. The van der Waals surface area contributed by atoms with Crippen molar-refractivity contribution < 1.29 is 14.3 Å². The Labute approximate surface area is 156 Å². The van der Waals surface area contributed by atoms with E-state index in [1.165, 1.54) is 0 Å². The zero-order valence-corrected chi connectivity index (χ0v) is 15.2. The zero-order valence-electron chi connectivity index (χ0n) is 13.6. The molecule has 0 aliphatic carbocycles. The lowest BCUT2D eigenvalue weighted by atomic mass is 10.1. The summed E-state index contributed by atoms with van der Waals surface area (Å²) in [6, 6.07) is 11.9. The average molecular weight is 381 g/mol. The van der Waals surface area contributed by atoms with E-state index in [-0.39, 0.29) is 12.3 Å². The number of esters is 1. The van der Waals surface area contributed by atoms with Crippen LogP contribution in [0.15, 0.2) is 42.5 Å². The molecule has 0 unspecified atom stereocenters. The minimum atomic E-state index is -0.400. The van der Waals surface area contributed by atoms with E-state index in [9.17, 15) is 9.59 Å². The fraction of sp³-hybridized carbons (Fsp3) is 0.222. The first-order chi connectivity index (χ1) is 12.0. The molecule has 0 aliphatic rings. The highest BCUT2D eigenvalue weighted by Crippen LogP contribution is 2.25. The minimum Gasteiger partial charge on any atom is -0.462 e. The largest absolute Gasteiger partial charge is 0.462 e. The summed E-state index contributed by atoms with van der Waals surface area (Å²) in [7, 11) is 0. The molecule has 2 aromatic rings. The van der Waals surface area contributed by atoms with Crippen LogP contribution in [-0.2, 0) is 9.53 Å². The Hall–Kier alpha value is -2.24. The standard InChI is InChI=1S/C18H18Cl2N2O3/c1-2-25-18(24)13-5-3-4-6-15(13)21-10-9-17(23)22-16-8-7-12(19)11-14(16)20/h3-8,11,21H,2,9-10H2,1H3,(H,22,23). The molecule has 7 heteroatoms. The molecule has 0 bridgehead atoms. The molecule has 1 amide bonds. The maximum Gasteiger partial charge on any atom is 0.340 e. The van der Waals surface area contributed by atoms with Crippen LogP contribution >= 0.6 is 23.2 Å². The van der Waals surface area contributed by atoms with Crippen molar-refractivity contribution in [3.63, 3.8) is 0 Å². The summed E-state index contributed by atoms with van der Waals surface area (Å²) < 4.78 is 5.01. The molecule has 5 nitrogen and oxygen atoms in total. The summed E-state index contributed by atoms with van der Waals surface area (Å²) in [5.41, 5.74) is 1.56. The van der Waals surface area contributed by atoms with E-state index >= 15 is 0 Å². The first-order valence-electron chi connectivity index (χ1n) is 7.76. The predicted octanol–water partition coefficient (Wildman–Crippen LogP) is 4.61. The van der Waals surface area contributed by atoms with Crippen LogP contribution in [0.4, 0.5) is 11.4 Å². The van der Waals surface area contributed by atoms with E-state index in [0.29, 0.717) is 40.1 Å². The van der Waals surface area contributed by atoms with Gasteiger partial charge in [-0.2, -0.15) is 0 Å². The fourth-order valence-corrected chi connectivity index (χ4v) is 2.59. The molecule has 0 atom stereocenters. The highest BCUT2D eigenvalue weighted by atomic mass is 35.5. The summed E-state index contributed by atoms with van der Waals surface area (Å²) in [6.45, 7) is 2.41. The fourth-order valence-electron chi connectivity index (χ4n) is 2.14. The lowest BCUT2D eigenvalue weighted by Crippen LogP contribution is -2.17. The number of carbonyl (C=O) groups excluding carboxylic acids is 2. The lowest BCUT2D eigenvalue weighted by Gasteiger charge is -2.12. The highest BCUT2D eigenvalue weighted by molar-refractivity contribution is 6.36. The van der Waals surface area contributed by atoms with Crippen LogP contribution in [0.25, 0.3) is 0 Å². The number of hydrogen-bond acceptors (Lipinski definition) is 4. The lowest BCUT2D eigenvalue weighted by molar-refractivity contribution is -0.115. The van der Waals surface area contributed by atoms with Gasteiger partial charge in [-0.1, -0.05) is 35.3 Å². The van der Waals surface area contributed by atoms with Crippen LogP contribution in [0.3, 0.4) is 0 Å². The van der Waals surface area contributed by atoms with E-state index in [4.69, 9.17) is 27.9 Å². The van der Waals surface area contributed by atoms with Gasteiger partial charge in [0.05, 0.1) is 22.9 Å². The van der Waals surface area contributed by atoms with Crippen LogP contribution in [0.5, 0.6) is 0 Å². The Morgan fingerprint density at radius 1 is 1.08 bits per heavy atom. The molecular weight excluding hydrogens is 363 g/mol. The molecule has 0 saturated carbocycles. The Morgan fingerprint density at radius 2 is 1.84 bits per heavy atom.